The molecule has 6 nitrogen and oxygen atoms in total. The zero-order valence-corrected chi connectivity index (χ0v) is 23.4. The second kappa shape index (κ2) is 11.4. The number of nitriles is 2. The van der Waals surface area contributed by atoms with Gasteiger partial charge in [-0.25, -0.2) is 13.6 Å². The molecule has 1 fully saturated rings. The van der Waals surface area contributed by atoms with Crippen molar-refractivity contribution in [1.29, 1.82) is 10.5 Å². The Hall–Kier alpha value is -3.69. The van der Waals surface area contributed by atoms with E-state index < -0.39 is 41.3 Å². The van der Waals surface area contributed by atoms with Crippen LogP contribution >= 0.6 is 23.2 Å². The molecule has 0 unspecified atom stereocenters. The summed E-state index contributed by atoms with van der Waals surface area (Å²) in [6, 6.07) is 18.0. The average molecular weight is 583 g/mol. The predicted octanol–water partition coefficient (Wildman–Crippen LogP) is 7.67. The van der Waals surface area contributed by atoms with E-state index in [4.69, 9.17) is 33.2 Å². The van der Waals surface area contributed by atoms with E-state index in [2.05, 4.69) is 16.7 Å². The molecular weight excluding hydrogens is 557 g/mol. The molecule has 4 atom stereocenters. The van der Waals surface area contributed by atoms with Crippen LogP contribution in [-0.4, -0.2) is 18.4 Å². The number of halogens is 4. The number of rotatable bonds is 5. The highest BCUT2D eigenvalue weighted by molar-refractivity contribution is 6.31. The maximum Gasteiger partial charge on any atom is 0.413 e. The molecule has 4 rings (SSSR count). The molecule has 0 saturated carbocycles. The molecule has 0 bridgehead atoms. The topological polar surface area (TPSA) is 97.9 Å². The summed E-state index contributed by atoms with van der Waals surface area (Å²) in [5.74, 6) is -2.77. The molecule has 3 aromatic rings. The Morgan fingerprint density at radius 1 is 1.10 bits per heavy atom. The monoisotopic (exact) mass is 582 g/mol. The average Bonchev–Trinajstić information content (AvgIpc) is 3.16. The minimum Gasteiger partial charge on any atom is -0.429 e. The minimum atomic E-state index is -1.74. The van der Waals surface area contributed by atoms with E-state index in [1.165, 1.54) is 36.4 Å². The summed E-state index contributed by atoms with van der Waals surface area (Å²) < 4.78 is 37.1. The van der Waals surface area contributed by atoms with Crippen LogP contribution in [0.1, 0.15) is 49.8 Å². The minimum absolute atomic E-state index is 0.0150. The maximum absolute atomic E-state index is 15.6. The van der Waals surface area contributed by atoms with Gasteiger partial charge in [-0.3, -0.25) is 10.6 Å². The number of hydrogen-bond acceptors (Lipinski definition) is 5. The number of benzene rings is 3. The number of nitrogens with one attached hydrogen (secondary N) is 2. The fraction of sp³-hybridized carbons (Fsp3) is 0.300. The normalized spacial score (nSPS) is 22.3. The van der Waals surface area contributed by atoms with E-state index in [-0.39, 0.29) is 26.6 Å². The van der Waals surface area contributed by atoms with Crippen molar-refractivity contribution in [2.45, 2.75) is 50.8 Å². The van der Waals surface area contributed by atoms with Gasteiger partial charge in [0.2, 0.25) is 0 Å². The van der Waals surface area contributed by atoms with Crippen LogP contribution in [0.15, 0.2) is 60.7 Å². The van der Waals surface area contributed by atoms with Crippen molar-refractivity contribution in [3.63, 3.8) is 0 Å². The van der Waals surface area contributed by atoms with Gasteiger partial charge in [0.1, 0.15) is 17.0 Å². The van der Waals surface area contributed by atoms with E-state index in [9.17, 15) is 10.1 Å². The first kappa shape index (κ1) is 29.3. The Balaban J connectivity index is 1.87. The van der Waals surface area contributed by atoms with Gasteiger partial charge in [0.25, 0.3) is 0 Å². The van der Waals surface area contributed by atoms with E-state index in [0.717, 1.165) is 6.07 Å². The first-order chi connectivity index (χ1) is 18.9. The lowest BCUT2D eigenvalue weighted by molar-refractivity contribution is 0.0851. The Morgan fingerprint density at radius 3 is 2.48 bits per heavy atom. The van der Waals surface area contributed by atoms with E-state index >= 15 is 8.78 Å². The molecule has 0 aliphatic carbocycles. The molecular formula is C30H26Cl2F2N4O2. The van der Waals surface area contributed by atoms with Crippen LogP contribution in [0, 0.1) is 39.7 Å². The van der Waals surface area contributed by atoms with E-state index in [0.29, 0.717) is 17.7 Å². The van der Waals surface area contributed by atoms with Gasteiger partial charge in [-0.2, -0.15) is 10.5 Å². The number of ether oxygens (including phenoxy) is 1. The molecule has 3 aromatic carbocycles. The van der Waals surface area contributed by atoms with Gasteiger partial charge in [-0.15, -0.1) is 0 Å². The molecule has 1 aliphatic rings. The zero-order valence-electron chi connectivity index (χ0n) is 21.9. The highest BCUT2D eigenvalue weighted by Crippen LogP contribution is 2.53. The third-order valence-electron chi connectivity index (χ3n) is 6.88. The predicted molar refractivity (Wildman–Crippen MR) is 149 cm³/mol. The molecule has 2 N–H and O–H groups in total. The van der Waals surface area contributed by atoms with Crippen molar-refractivity contribution in [3.05, 3.63) is 99.0 Å². The van der Waals surface area contributed by atoms with Crippen molar-refractivity contribution in [3.8, 4) is 12.1 Å². The Bertz CT molecular complexity index is 1530. The summed E-state index contributed by atoms with van der Waals surface area (Å²) in [5.41, 5.74) is -1.51. The lowest BCUT2D eigenvalue weighted by Crippen LogP contribution is -2.44. The SMILES string of the molecule is CC(C)(C)C[C@@H]1N[C@H](OC(=O)Nc2cccc(C#N)c2)[C@H](c2cccc(Cl)c2F)[C@@]1(C#N)c1ccc(Cl)cc1F. The molecule has 40 heavy (non-hydrogen) atoms. The van der Waals surface area contributed by atoms with Gasteiger partial charge in [-0.05, 0) is 53.8 Å². The number of carbonyl (C=O) groups excluding carboxylic acids is 1. The lowest BCUT2D eigenvalue weighted by atomic mass is 9.63. The van der Waals surface area contributed by atoms with Gasteiger partial charge in [0, 0.05) is 22.3 Å². The molecule has 10 heteroatoms. The summed E-state index contributed by atoms with van der Waals surface area (Å²) in [7, 11) is 0. The van der Waals surface area contributed by atoms with Crippen molar-refractivity contribution < 1.29 is 18.3 Å². The highest BCUT2D eigenvalue weighted by Gasteiger charge is 2.61. The summed E-state index contributed by atoms with van der Waals surface area (Å²) in [5, 5.41) is 25.7. The third-order valence-corrected chi connectivity index (χ3v) is 7.40. The first-order valence-electron chi connectivity index (χ1n) is 12.4. The van der Waals surface area contributed by atoms with Crippen LogP contribution in [0.4, 0.5) is 19.3 Å². The quantitative estimate of drug-likeness (QED) is 0.321. The fourth-order valence-electron chi connectivity index (χ4n) is 5.30. The standard InChI is InChI=1S/C30H26Cl2F2N4O2/c1-29(2,3)14-24-30(16-36,21-11-10-18(31)13-23(21)33)25(20-8-5-9-22(32)26(20)34)27(38-24)40-28(39)37-19-7-4-6-17(12-19)15-35/h4-13,24-25,27,38H,14H2,1-3H3,(H,37,39)/t24-,25-,27+,30-/m0/s1. The van der Waals surface area contributed by atoms with Gasteiger partial charge in [0.05, 0.1) is 28.6 Å². The van der Waals surface area contributed by atoms with Crippen LogP contribution in [0.25, 0.3) is 0 Å². The van der Waals surface area contributed by atoms with Crippen LogP contribution in [0.2, 0.25) is 10.0 Å². The maximum atomic E-state index is 15.6. The Kier molecular flexibility index (Phi) is 8.37. The summed E-state index contributed by atoms with van der Waals surface area (Å²) in [4.78, 5) is 13.1. The molecule has 0 radical (unpaired) electrons. The largest absolute Gasteiger partial charge is 0.429 e. The molecule has 1 amide bonds. The second-order valence-corrected chi connectivity index (χ2v) is 11.7. The number of carbonyl (C=O) groups is 1. The molecule has 0 spiro atoms. The second-order valence-electron chi connectivity index (χ2n) is 10.9. The number of nitrogens with zero attached hydrogens (tertiary/aromatic N) is 2. The highest BCUT2D eigenvalue weighted by atomic mass is 35.5. The number of amides is 1. The van der Waals surface area contributed by atoms with Crippen molar-refractivity contribution >= 4 is 35.0 Å². The number of anilines is 1. The first-order valence-corrected chi connectivity index (χ1v) is 13.2. The summed E-state index contributed by atoms with van der Waals surface area (Å²) >= 11 is 12.2. The van der Waals surface area contributed by atoms with Gasteiger partial charge in [0.15, 0.2) is 6.23 Å². The zero-order chi connectivity index (χ0) is 29.2. The van der Waals surface area contributed by atoms with Gasteiger partial charge >= 0.3 is 6.09 Å². The molecule has 1 heterocycles. The molecule has 1 saturated heterocycles. The van der Waals surface area contributed by atoms with Crippen molar-refractivity contribution in [2.24, 2.45) is 5.41 Å². The van der Waals surface area contributed by atoms with E-state index in [1.807, 2.05) is 26.8 Å². The molecule has 1 aliphatic heterocycles. The van der Waals surface area contributed by atoms with Gasteiger partial charge < -0.3 is 4.74 Å². The third kappa shape index (κ3) is 5.76. The summed E-state index contributed by atoms with van der Waals surface area (Å²) in [6.07, 6.45) is -1.85. The van der Waals surface area contributed by atoms with E-state index in [1.54, 1.807) is 18.2 Å². The lowest BCUT2D eigenvalue weighted by Gasteiger charge is -2.37. The van der Waals surface area contributed by atoms with Gasteiger partial charge in [-0.1, -0.05) is 68.2 Å². The smallest absolute Gasteiger partial charge is 0.413 e. The fourth-order valence-corrected chi connectivity index (χ4v) is 5.64. The Labute approximate surface area is 241 Å². The molecule has 0 aromatic heterocycles. The van der Waals surface area contributed by atoms with Crippen molar-refractivity contribution in [1.82, 2.24) is 5.32 Å². The van der Waals surface area contributed by atoms with Crippen LogP contribution in [0.5, 0.6) is 0 Å². The molecule has 206 valence electrons. The van der Waals surface area contributed by atoms with Crippen molar-refractivity contribution in [2.75, 3.05) is 5.32 Å². The van der Waals surface area contributed by atoms with Crippen LogP contribution in [0.3, 0.4) is 0 Å². The summed E-state index contributed by atoms with van der Waals surface area (Å²) in [6.45, 7) is 5.85. The van der Waals surface area contributed by atoms with Crippen LogP contribution in [-0.2, 0) is 10.2 Å². The van der Waals surface area contributed by atoms with Crippen LogP contribution < -0.4 is 10.6 Å². The Morgan fingerprint density at radius 2 is 1.82 bits per heavy atom. The number of hydrogen-bond donors (Lipinski definition) is 2.